The van der Waals surface area contributed by atoms with Gasteiger partial charge in [0.15, 0.2) is 0 Å². The number of hydrogen-bond acceptors (Lipinski definition) is 1. The molecule has 1 fully saturated rings. The highest BCUT2D eigenvalue weighted by Gasteiger charge is 2.14. The van der Waals surface area contributed by atoms with Gasteiger partial charge in [-0.1, -0.05) is 47.7 Å². The van der Waals surface area contributed by atoms with Crippen molar-refractivity contribution in [2.24, 2.45) is 0 Å². The van der Waals surface area contributed by atoms with Crippen molar-refractivity contribution in [2.45, 2.75) is 44.6 Å². The molecule has 4 heteroatoms. The van der Waals surface area contributed by atoms with Gasteiger partial charge in [-0.15, -0.1) is 0 Å². The second-order valence-electron chi connectivity index (χ2n) is 4.80. The van der Waals surface area contributed by atoms with E-state index in [-0.39, 0.29) is 6.03 Å². The predicted octanol–water partition coefficient (Wildman–Crippen LogP) is 4.29. The van der Waals surface area contributed by atoms with Crippen LogP contribution in [0.4, 0.5) is 10.5 Å². The lowest BCUT2D eigenvalue weighted by Gasteiger charge is -2.16. The number of carbonyl (C=O) groups is 1. The summed E-state index contributed by atoms with van der Waals surface area (Å²) in [5.41, 5.74) is 0.815. The van der Waals surface area contributed by atoms with Gasteiger partial charge >= 0.3 is 6.03 Å². The second-order valence-corrected chi connectivity index (χ2v) is 5.71. The van der Waals surface area contributed by atoms with E-state index in [0.29, 0.717) is 6.04 Å². The van der Waals surface area contributed by atoms with Crippen molar-refractivity contribution >= 4 is 27.6 Å². The van der Waals surface area contributed by atoms with E-state index in [9.17, 15) is 4.79 Å². The zero-order chi connectivity index (χ0) is 12.8. The summed E-state index contributed by atoms with van der Waals surface area (Å²) in [5.74, 6) is 0. The van der Waals surface area contributed by atoms with Crippen molar-refractivity contribution in [1.29, 1.82) is 0 Å². The topological polar surface area (TPSA) is 41.1 Å². The Kier molecular flexibility index (Phi) is 5.05. The van der Waals surface area contributed by atoms with Crippen LogP contribution in [-0.4, -0.2) is 12.1 Å². The van der Waals surface area contributed by atoms with E-state index < -0.39 is 0 Å². The number of carbonyl (C=O) groups excluding carboxylic acids is 1. The van der Waals surface area contributed by atoms with Crippen molar-refractivity contribution < 1.29 is 4.79 Å². The lowest BCUT2D eigenvalue weighted by molar-refractivity contribution is 0.247. The van der Waals surface area contributed by atoms with Crippen LogP contribution in [0, 0.1) is 0 Å². The van der Waals surface area contributed by atoms with E-state index in [1.807, 2.05) is 24.3 Å². The third-order valence-corrected chi connectivity index (χ3v) is 3.77. The fourth-order valence-electron chi connectivity index (χ4n) is 2.34. The Morgan fingerprint density at radius 1 is 1.17 bits per heavy atom. The molecule has 1 aromatic carbocycles. The van der Waals surface area contributed by atoms with Crippen molar-refractivity contribution in [3.63, 3.8) is 0 Å². The molecule has 0 saturated heterocycles. The van der Waals surface area contributed by atoms with Gasteiger partial charge in [0.1, 0.15) is 0 Å². The van der Waals surface area contributed by atoms with E-state index in [2.05, 4.69) is 26.6 Å². The monoisotopic (exact) mass is 310 g/mol. The molecule has 98 valence electrons. The maximum absolute atomic E-state index is 11.9. The highest BCUT2D eigenvalue weighted by Crippen LogP contribution is 2.18. The molecule has 0 unspecified atom stereocenters. The molecule has 0 heterocycles. The second kappa shape index (κ2) is 6.78. The highest BCUT2D eigenvalue weighted by molar-refractivity contribution is 9.10. The van der Waals surface area contributed by atoms with Crippen LogP contribution in [0.2, 0.25) is 0 Å². The molecule has 0 spiro atoms. The third-order valence-electron chi connectivity index (χ3n) is 3.27. The summed E-state index contributed by atoms with van der Waals surface area (Å²) < 4.78 is 0.967. The first-order valence-electron chi connectivity index (χ1n) is 6.57. The summed E-state index contributed by atoms with van der Waals surface area (Å²) in [7, 11) is 0. The first-order valence-corrected chi connectivity index (χ1v) is 7.36. The minimum atomic E-state index is -0.0972. The Hall–Kier alpha value is -1.03. The van der Waals surface area contributed by atoms with E-state index in [4.69, 9.17) is 0 Å². The maximum atomic E-state index is 11.9. The minimum Gasteiger partial charge on any atom is -0.335 e. The standard InChI is InChI=1S/C14H19BrN2O/c15-11-6-5-9-13(10-11)17-14(18)16-12-7-3-1-2-4-8-12/h5-6,9-10,12H,1-4,7-8H2,(H2,16,17,18). The molecule has 18 heavy (non-hydrogen) atoms. The van der Waals surface area contributed by atoms with Gasteiger partial charge in [-0.2, -0.15) is 0 Å². The zero-order valence-corrected chi connectivity index (χ0v) is 12.0. The smallest absolute Gasteiger partial charge is 0.319 e. The first-order chi connectivity index (χ1) is 8.74. The largest absolute Gasteiger partial charge is 0.335 e. The van der Waals surface area contributed by atoms with Gasteiger partial charge in [0.2, 0.25) is 0 Å². The van der Waals surface area contributed by atoms with Crippen LogP contribution in [0.1, 0.15) is 38.5 Å². The zero-order valence-electron chi connectivity index (χ0n) is 10.4. The summed E-state index contributed by atoms with van der Waals surface area (Å²) in [6.07, 6.45) is 7.25. The van der Waals surface area contributed by atoms with Crippen LogP contribution >= 0.6 is 15.9 Å². The molecule has 0 aromatic heterocycles. The Bertz CT molecular complexity index is 401. The molecule has 2 rings (SSSR count). The highest BCUT2D eigenvalue weighted by atomic mass is 79.9. The van der Waals surface area contributed by atoms with Crippen molar-refractivity contribution in [1.82, 2.24) is 5.32 Å². The van der Waals surface area contributed by atoms with Crippen LogP contribution < -0.4 is 10.6 Å². The van der Waals surface area contributed by atoms with Gasteiger partial charge in [0.25, 0.3) is 0 Å². The van der Waals surface area contributed by atoms with Crippen LogP contribution in [0.25, 0.3) is 0 Å². The average molecular weight is 311 g/mol. The molecule has 0 aliphatic heterocycles. The minimum absolute atomic E-state index is 0.0972. The molecule has 2 amide bonds. The lowest BCUT2D eigenvalue weighted by atomic mass is 10.1. The van der Waals surface area contributed by atoms with Gasteiger partial charge in [0.05, 0.1) is 0 Å². The fourth-order valence-corrected chi connectivity index (χ4v) is 2.74. The number of hydrogen-bond donors (Lipinski definition) is 2. The van der Waals surface area contributed by atoms with Gasteiger partial charge in [0, 0.05) is 16.2 Å². The number of nitrogens with one attached hydrogen (secondary N) is 2. The molecule has 1 aliphatic carbocycles. The van der Waals surface area contributed by atoms with Crippen LogP contribution in [0.5, 0.6) is 0 Å². The molecule has 1 saturated carbocycles. The van der Waals surface area contributed by atoms with E-state index in [1.165, 1.54) is 25.7 Å². The molecular formula is C14H19BrN2O. The molecule has 3 nitrogen and oxygen atoms in total. The summed E-state index contributed by atoms with van der Waals surface area (Å²) in [6.45, 7) is 0. The van der Waals surface area contributed by atoms with Gasteiger partial charge in [-0.05, 0) is 31.0 Å². The third kappa shape index (κ3) is 4.33. The maximum Gasteiger partial charge on any atom is 0.319 e. The fraction of sp³-hybridized carbons (Fsp3) is 0.500. The Morgan fingerprint density at radius 3 is 2.56 bits per heavy atom. The molecule has 0 atom stereocenters. The van der Waals surface area contributed by atoms with Crippen molar-refractivity contribution in [2.75, 3.05) is 5.32 Å². The summed E-state index contributed by atoms with van der Waals surface area (Å²) in [4.78, 5) is 11.9. The van der Waals surface area contributed by atoms with Crippen LogP contribution in [-0.2, 0) is 0 Å². The first kappa shape index (κ1) is 13.4. The summed E-state index contributed by atoms with van der Waals surface area (Å²) >= 11 is 3.39. The van der Waals surface area contributed by atoms with E-state index >= 15 is 0 Å². The van der Waals surface area contributed by atoms with Crippen molar-refractivity contribution in [3.8, 4) is 0 Å². The molecular weight excluding hydrogens is 292 g/mol. The molecule has 1 aromatic rings. The Morgan fingerprint density at radius 2 is 1.89 bits per heavy atom. The van der Waals surface area contributed by atoms with E-state index in [1.54, 1.807) is 0 Å². The normalized spacial score (nSPS) is 16.9. The van der Waals surface area contributed by atoms with Crippen LogP contribution in [0.15, 0.2) is 28.7 Å². The molecule has 0 radical (unpaired) electrons. The number of urea groups is 1. The number of benzene rings is 1. The lowest BCUT2D eigenvalue weighted by Crippen LogP contribution is -2.37. The van der Waals surface area contributed by atoms with E-state index in [0.717, 1.165) is 23.0 Å². The van der Waals surface area contributed by atoms with Crippen LogP contribution in [0.3, 0.4) is 0 Å². The number of amides is 2. The quantitative estimate of drug-likeness (QED) is 0.786. The molecule has 1 aliphatic rings. The van der Waals surface area contributed by atoms with Gasteiger partial charge < -0.3 is 10.6 Å². The number of rotatable bonds is 2. The summed E-state index contributed by atoms with van der Waals surface area (Å²) in [6, 6.07) is 7.86. The Labute approximate surface area is 116 Å². The van der Waals surface area contributed by atoms with Gasteiger partial charge in [-0.25, -0.2) is 4.79 Å². The summed E-state index contributed by atoms with van der Waals surface area (Å²) in [5, 5.41) is 5.93. The predicted molar refractivity (Wildman–Crippen MR) is 77.8 cm³/mol. The number of halogens is 1. The molecule has 2 N–H and O–H groups in total. The average Bonchev–Trinajstić information content (AvgIpc) is 2.57. The van der Waals surface area contributed by atoms with Gasteiger partial charge in [-0.3, -0.25) is 0 Å². The Balaban J connectivity index is 1.84. The van der Waals surface area contributed by atoms with Crippen molar-refractivity contribution in [3.05, 3.63) is 28.7 Å². The number of anilines is 1. The molecule has 0 bridgehead atoms. The SMILES string of the molecule is O=C(Nc1cccc(Br)c1)NC1CCCCCC1.